The van der Waals surface area contributed by atoms with Gasteiger partial charge >= 0.3 is 0 Å². The van der Waals surface area contributed by atoms with E-state index in [1.54, 1.807) is 24.3 Å². The lowest BCUT2D eigenvalue weighted by atomic mass is 10.1. The van der Waals surface area contributed by atoms with Gasteiger partial charge in [-0.15, -0.1) is 0 Å². The second-order valence-corrected chi connectivity index (χ2v) is 7.98. The molecule has 3 N–H and O–H groups in total. The van der Waals surface area contributed by atoms with Crippen LogP contribution in [-0.2, 0) is 19.2 Å². The Morgan fingerprint density at radius 2 is 1.61 bits per heavy atom. The largest absolute Gasteiger partial charge is 0.353 e. The van der Waals surface area contributed by atoms with Gasteiger partial charge in [-0.25, -0.2) is 0 Å². The highest BCUT2D eigenvalue weighted by atomic mass is 16.2. The molecule has 4 amide bonds. The molecule has 31 heavy (non-hydrogen) atoms. The minimum Gasteiger partial charge on any atom is -0.353 e. The topological polar surface area (TPSA) is 114 Å². The number of nitrogens with one attached hydrogen (secondary N) is 3. The summed E-state index contributed by atoms with van der Waals surface area (Å²) in [6, 6.07) is 5.86. The molecule has 0 unspecified atom stereocenters. The fourth-order valence-corrected chi connectivity index (χ4v) is 3.73. The van der Waals surface area contributed by atoms with E-state index in [2.05, 4.69) is 32.8 Å². The zero-order valence-corrected chi connectivity index (χ0v) is 18.0. The number of rotatable bonds is 6. The first-order valence-corrected chi connectivity index (χ1v) is 10.5. The number of hydrogen-bond donors (Lipinski definition) is 3. The zero-order chi connectivity index (χ0) is 22.4. The van der Waals surface area contributed by atoms with E-state index in [1.807, 2.05) is 0 Å². The molecule has 1 aromatic rings. The Morgan fingerprint density at radius 1 is 1.00 bits per heavy atom. The maximum Gasteiger partial charge on any atom is 0.243 e. The van der Waals surface area contributed by atoms with E-state index in [1.165, 1.54) is 11.8 Å². The molecular formula is C21H30N6O4. The maximum absolute atomic E-state index is 12.9. The minimum absolute atomic E-state index is 0.117. The summed E-state index contributed by atoms with van der Waals surface area (Å²) in [5.41, 5.74) is 1.17. The average Bonchev–Trinajstić information content (AvgIpc) is 2.72. The first-order chi connectivity index (χ1) is 14.8. The Hall–Kier alpha value is -2.98. The third kappa shape index (κ3) is 6.50. The minimum atomic E-state index is -0.827. The Kier molecular flexibility index (Phi) is 7.59. The van der Waals surface area contributed by atoms with E-state index in [4.69, 9.17) is 0 Å². The fraction of sp³-hybridized carbons (Fsp3) is 0.524. The van der Waals surface area contributed by atoms with Crippen molar-refractivity contribution in [1.29, 1.82) is 0 Å². The first-order valence-electron chi connectivity index (χ1n) is 10.5. The van der Waals surface area contributed by atoms with Crippen molar-refractivity contribution in [2.45, 2.75) is 19.4 Å². The van der Waals surface area contributed by atoms with Gasteiger partial charge in [0.05, 0.1) is 13.0 Å². The van der Waals surface area contributed by atoms with Crippen LogP contribution in [0.15, 0.2) is 24.3 Å². The Balaban J connectivity index is 1.57. The van der Waals surface area contributed by atoms with E-state index in [0.717, 1.165) is 26.2 Å². The number of nitrogens with zero attached hydrogens (tertiary/aromatic N) is 3. The molecular weight excluding hydrogens is 400 g/mol. The van der Waals surface area contributed by atoms with Crippen LogP contribution in [0.4, 0.5) is 11.4 Å². The SMILES string of the molecule is CC(=O)Nc1ccc(NC(=O)C[C@@H]2C(=O)NCCN2C(=O)CN2CCN(C)CC2)cc1. The second kappa shape index (κ2) is 10.4. The van der Waals surface area contributed by atoms with Crippen LogP contribution in [0.3, 0.4) is 0 Å². The van der Waals surface area contributed by atoms with E-state index in [0.29, 0.717) is 24.5 Å². The van der Waals surface area contributed by atoms with Crippen LogP contribution in [0.5, 0.6) is 0 Å². The van der Waals surface area contributed by atoms with Crippen molar-refractivity contribution in [3.8, 4) is 0 Å². The van der Waals surface area contributed by atoms with E-state index >= 15 is 0 Å². The van der Waals surface area contributed by atoms with Crippen LogP contribution in [0, 0.1) is 0 Å². The summed E-state index contributed by atoms with van der Waals surface area (Å²) in [7, 11) is 2.05. The quantitative estimate of drug-likeness (QED) is 0.563. The summed E-state index contributed by atoms with van der Waals surface area (Å²) in [6.45, 7) is 5.87. The Morgan fingerprint density at radius 3 is 2.23 bits per heavy atom. The van der Waals surface area contributed by atoms with Crippen LogP contribution >= 0.6 is 0 Å². The molecule has 2 aliphatic heterocycles. The summed E-state index contributed by atoms with van der Waals surface area (Å²) in [6.07, 6.45) is -0.117. The summed E-state index contributed by atoms with van der Waals surface area (Å²) < 4.78 is 0. The van der Waals surface area contributed by atoms with E-state index in [-0.39, 0.29) is 36.6 Å². The van der Waals surface area contributed by atoms with Crippen LogP contribution in [0.2, 0.25) is 0 Å². The second-order valence-electron chi connectivity index (χ2n) is 7.98. The molecule has 2 saturated heterocycles. The molecule has 0 saturated carbocycles. The summed E-state index contributed by atoms with van der Waals surface area (Å²) >= 11 is 0. The third-order valence-corrected chi connectivity index (χ3v) is 5.47. The molecule has 10 nitrogen and oxygen atoms in total. The van der Waals surface area contributed by atoms with E-state index in [9.17, 15) is 19.2 Å². The zero-order valence-electron chi connectivity index (χ0n) is 18.0. The Bertz CT molecular complexity index is 820. The smallest absolute Gasteiger partial charge is 0.243 e. The molecule has 10 heteroatoms. The summed E-state index contributed by atoms with van der Waals surface area (Å²) in [4.78, 5) is 54.8. The van der Waals surface area contributed by atoms with Gasteiger partial charge in [0.15, 0.2) is 0 Å². The molecule has 0 radical (unpaired) electrons. The van der Waals surface area contributed by atoms with Gasteiger partial charge in [-0.2, -0.15) is 0 Å². The van der Waals surface area contributed by atoms with E-state index < -0.39 is 6.04 Å². The van der Waals surface area contributed by atoms with Crippen LogP contribution in [-0.4, -0.2) is 97.2 Å². The van der Waals surface area contributed by atoms with Crippen molar-refractivity contribution < 1.29 is 19.2 Å². The molecule has 0 aromatic heterocycles. The van der Waals surface area contributed by atoms with Crippen LogP contribution in [0.25, 0.3) is 0 Å². The van der Waals surface area contributed by atoms with Gasteiger partial charge in [-0.05, 0) is 31.3 Å². The normalized spacial score (nSPS) is 20.1. The number of carbonyl (C=O) groups excluding carboxylic acids is 4. The van der Waals surface area contributed by atoms with Gasteiger partial charge in [0.25, 0.3) is 0 Å². The lowest BCUT2D eigenvalue weighted by Crippen LogP contribution is -2.60. The highest BCUT2D eigenvalue weighted by molar-refractivity contribution is 5.98. The number of hydrogen-bond acceptors (Lipinski definition) is 6. The molecule has 2 aliphatic rings. The number of carbonyl (C=O) groups is 4. The molecule has 0 aliphatic carbocycles. The van der Waals surface area contributed by atoms with Gasteiger partial charge in [-0.1, -0.05) is 0 Å². The first kappa shape index (κ1) is 22.7. The van der Waals surface area contributed by atoms with Crippen LogP contribution in [0.1, 0.15) is 13.3 Å². The summed E-state index contributed by atoms with van der Waals surface area (Å²) in [5.74, 6) is -0.973. The number of amides is 4. The predicted octanol–water partition coefficient (Wildman–Crippen LogP) is -0.452. The highest BCUT2D eigenvalue weighted by Crippen LogP contribution is 2.16. The maximum atomic E-state index is 12.9. The molecule has 1 atom stereocenters. The number of anilines is 2. The van der Waals surface area contributed by atoms with Gasteiger partial charge in [0, 0.05) is 57.6 Å². The van der Waals surface area contributed by atoms with Crippen molar-refractivity contribution in [1.82, 2.24) is 20.0 Å². The van der Waals surface area contributed by atoms with Crippen molar-refractivity contribution in [2.75, 3.05) is 63.5 Å². The van der Waals surface area contributed by atoms with Crippen molar-refractivity contribution in [2.24, 2.45) is 0 Å². The molecule has 2 fully saturated rings. The molecule has 3 rings (SSSR count). The molecule has 0 bridgehead atoms. The number of piperazine rings is 2. The monoisotopic (exact) mass is 430 g/mol. The highest BCUT2D eigenvalue weighted by Gasteiger charge is 2.35. The average molecular weight is 431 g/mol. The van der Waals surface area contributed by atoms with Crippen molar-refractivity contribution in [3.05, 3.63) is 24.3 Å². The predicted molar refractivity (Wildman–Crippen MR) is 116 cm³/mol. The van der Waals surface area contributed by atoms with Crippen molar-refractivity contribution >= 4 is 35.0 Å². The molecule has 168 valence electrons. The summed E-state index contributed by atoms with van der Waals surface area (Å²) in [5, 5.41) is 8.15. The third-order valence-electron chi connectivity index (χ3n) is 5.47. The van der Waals surface area contributed by atoms with Gasteiger partial charge in [0.2, 0.25) is 23.6 Å². The Labute approximate surface area is 181 Å². The lowest BCUT2D eigenvalue weighted by Gasteiger charge is -2.37. The van der Waals surface area contributed by atoms with Gasteiger partial charge < -0.3 is 25.8 Å². The number of benzene rings is 1. The standard InChI is InChI=1S/C21H30N6O4/c1-15(28)23-16-3-5-17(6-4-16)24-19(29)13-18-21(31)22-7-8-27(18)20(30)14-26-11-9-25(2)10-12-26/h3-6,18H,7-14H2,1-2H3,(H,22,31)(H,23,28)(H,24,29)/t18-/m1/s1. The lowest BCUT2D eigenvalue weighted by molar-refractivity contribution is -0.145. The molecule has 0 spiro atoms. The fourth-order valence-electron chi connectivity index (χ4n) is 3.73. The van der Waals surface area contributed by atoms with Gasteiger partial charge in [-0.3, -0.25) is 24.1 Å². The van der Waals surface area contributed by atoms with Crippen LogP contribution < -0.4 is 16.0 Å². The molecule has 1 aromatic carbocycles. The van der Waals surface area contributed by atoms with Crippen molar-refractivity contribution in [3.63, 3.8) is 0 Å². The van der Waals surface area contributed by atoms with Gasteiger partial charge in [0.1, 0.15) is 6.04 Å². The molecule has 2 heterocycles. The number of likely N-dealkylation sites (N-methyl/N-ethyl adjacent to an activating group) is 1.